The van der Waals surface area contributed by atoms with Gasteiger partial charge in [0.05, 0.1) is 0 Å². The first-order valence-electron chi connectivity index (χ1n) is 8.06. The van der Waals surface area contributed by atoms with Crippen LogP contribution in [0.5, 0.6) is 11.5 Å². The molecule has 0 aliphatic carbocycles. The number of hydrogen-bond donors (Lipinski definition) is 1. The summed E-state index contributed by atoms with van der Waals surface area (Å²) in [5, 5.41) is 3.88. The minimum absolute atomic E-state index is 0.0909. The van der Waals surface area contributed by atoms with Gasteiger partial charge in [0, 0.05) is 29.2 Å². The molecule has 3 rings (SSSR count). The Labute approximate surface area is 152 Å². The lowest BCUT2D eigenvalue weighted by Gasteiger charge is -2.08. The van der Waals surface area contributed by atoms with Gasteiger partial charge in [0.15, 0.2) is 5.78 Å². The smallest absolute Gasteiger partial charge is 0.164 e. The van der Waals surface area contributed by atoms with E-state index in [1.807, 2.05) is 54.6 Å². The van der Waals surface area contributed by atoms with Crippen molar-refractivity contribution in [3.63, 3.8) is 0 Å². The van der Waals surface area contributed by atoms with Crippen LogP contribution in [0.4, 0.5) is 5.69 Å². The Hall–Kier alpha value is -2.78. The molecule has 3 nitrogen and oxygen atoms in total. The minimum atomic E-state index is 0.0909. The monoisotopic (exact) mass is 351 g/mol. The predicted molar refractivity (Wildman–Crippen MR) is 102 cm³/mol. The molecule has 126 valence electrons. The summed E-state index contributed by atoms with van der Waals surface area (Å²) >= 11 is 5.83. The Morgan fingerprint density at radius 3 is 2.16 bits per heavy atom. The maximum Gasteiger partial charge on any atom is 0.164 e. The summed E-state index contributed by atoms with van der Waals surface area (Å²) in [5.41, 5.74) is 1.63. The summed E-state index contributed by atoms with van der Waals surface area (Å²) in [6.45, 7) is 0.570. The standard InChI is InChI=1S/C21H18ClNO2/c22-17-8-6-16(7-9-17)21(24)14-15-23-18-10-12-20(13-11-18)25-19-4-2-1-3-5-19/h1-13,23H,14-15H2. The molecule has 0 saturated heterocycles. The molecule has 3 aromatic carbocycles. The number of rotatable bonds is 7. The van der Waals surface area contributed by atoms with Crippen molar-refractivity contribution in [1.29, 1.82) is 0 Å². The number of para-hydroxylation sites is 1. The first-order chi connectivity index (χ1) is 12.2. The molecular weight excluding hydrogens is 334 g/mol. The molecule has 0 saturated carbocycles. The highest BCUT2D eigenvalue weighted by molar-refractivity contribution is 6.30. The van der Waals surface area contributed by atoms with E-state index in [9.17, 15) is 4.79 Å². The van der Waals surface area contributed by atoms with Crippen LogP contribution in [0.25, 0.3) is 0 Å². The zero-order valence-electron chi connectivity index (χ0n) is 13.6. The largest absolute Gasteiger partial charge is 0.457 e. The molecule has 0 spiro atoms. The number of halogens is 1. The van der Waals surface area contributed by atoms with Crippen LogP contribution >= 0.6 is 11.6 Å². The predicted octanol–water partition coefficient (Wildman–Crippen LogP) is 5.82. The number of ether oxygens (including phenoxy) is 1. The minimum Gasteiger partial charge on any atom is -0.457 e. The molecule has 0 aliphatic heterocycles. The highest BCUT2D eigenvalue weighted by Gasteiger charge is 2.05. The van der Waals surface area contributed by atoms with Crippen molar-refractivity contribution < 1.29 is 9.53 Å². The molecule has 0 unspecified atom stereocenters. The quantitative estimate of drug-likeness (QED) is 0.545. The van der Waals surface area contributed by atoms with Crippen LogP contribution in [0.15, 0.2) is 78.9 Å². The van der Waals surface area contributed by atoms with Gasteiger partial charge in [-0.1, -0.05) is 29.8 Å². The number of Topliss-reactive ketones (excluding diaryl/α,β-unsaturated/α-hetero) is 1. The van der Waals surface area contributed by atoms with Crippen molar-refractivity contribution in [2.75, 3.05) is 11.9 Å². The van der Waals surface area contributed by atoms with E-state index in [1.165, 1.54) is 0 Å². The van der Waals surface area contributed by atoms with Gasteiger partial charge >= 0.3 is 0 Å². The van der Waals surface area contributed by atoms with Gasteiger partial charge in [-0.2, -0.15) is 0 Å². The first kappa shape index (κ1) is 17.1. The van der Waals surface area contributed by atoms with Crippen molar-refractivity contribution in [3.8, 4) is 11.5 Å². The Morgan fingerprint density at radius 2 is 1.48 bits per heavy atom. The maximum absolute atomic E-state index is 12.1. The third-order valence-corrected chi connectivity index (χ3v) is 3.93. The van der Waals surface area contributed by atoms with Gasteiger partial charge in [-0.05, 0) is 60.7 Å². The molecule has 25 heavy (non-hydrogen) atoms. The average molecular weight is 352 g/mol. The molecule has 0 fully saturated rings. The zero-order chi connectivity index (χ0) is 17.5. The molecule has 0 aliphatic rings. The van der Waals surface area contributed by atoms with E-state index in [1.54, 1.807) is 24.3 Å². The molecular formula is C21H18ClNO2. The molecule has 0 bridgehead atoms. The van der Waals surface area contributed by atoms with Crippen molar-refractivity contribution in [3.05, 3.63) is 89.4 Å². The van der Waals surface area contributed by atoms with E-state index in [0.717, 1.165) is 17.2 Å². The van der Waals surface area contributed by atoms with Gasteiger partial charge in [0.1, 0.15) is 11.5 Å². The lowest BCUT2D eigenvalue weighted by Crippen LogP contribution is -2.08. The molecule has 0 atom stereocenters. The molecule has 0 amide bonds. The maximum atomic E-state index is 12.1. The number of nitrogens with one attached hydrogen (secondary N) is 1. The van der Waals surface area contributed by atoms with Gasteiger partial charge < -0.3 is 10.1 Å². The third kappa shape index (κ3) is 5.10. The fourth-order valence-electron chi connectivity index (χ4n) is 2.37. The lowest BCUT2D eigenvalue weighted by molar-refractivity contribution is 0.0986. The normalized spacial score (nSPS) is 10.3. The van der Waals surface area contributed by atoms with E-state index in [-0.39, 0.29) is 5.78 Å². The van der Waals surface area contributed by atoms with Crippen molar-refractivity contribution in [1.82, 2.24) is 0 Å². The van der Waals surface area contributed by atoms with Crippen molar-refractivity contribution >= 4 is 23.1 Å². The summed E-state index contributed by atoms with van der Waals surface area (Å²) < 4.78 is 5.75. The number of carbonyl (C=O) groups excluding carboxylic acids is 1. The lowest BCUT2D eigenvalue weighted by atomic mass is 10.1. The van der Waals surface area contributed by atoms with Crippen LogP contribution < -0.4 is 10.1 Å². The SMILES string of the molecule is O=C(CCNc1ccc(Oc2ccccc2)cc1)c1ccc(Cl)cc1. The van der Waals surface area contributed by atoms with Crippen LogP contribution in [0, 0.1) is 0 Å². The first-order valence-corrected chi connectivity index (χ1v) is 8.44. The Bertz CT molecular complexity index is 815. The van der Waals surface area contributed by atoms with Crippen LogP contribution in [-0.4, -0.2) is 12.3 Å². The van der Waals surface area contributed by atoms with E-state index in [4.69, 9.17) is 16.3 Å². The Balaban J connectivity index is 1.48. The van der Waals surface area contributed by atoms with Crippen LogP contribution in [0.3, 0.4) is 0 Å². The second kappa shape index (κ2) is 8.36. The van der Waals surface area contributed by atoms with Crippen LogP contribution in [0.1, 0.15) is 16.8 Å². The summed E-state index contributed by atoms with van der Waals surface area (Å²) in [4.78, 5) is 12.1. The second-order valence-electron chi connectivity index (χ2n) is 5.55. The molecule has 0 radical (unpaired) electrons. The summed E-state index contributed by atoms with van der Waals surface area (Å²) in [5.74, 6) is 1.67. The average Bonchev–Trinajstić information content (AvgIpc) is 2.64. The van der Waals surface area contributed by atoms with Crippen LogP contribution in [0.2, 0.25) is 5.02 Å². The highest BCUT2D eigenvalue weighted by Crippen LogP contribution is 2.22. The summed E-state index contributed by atoms with van der Waals surface area (Å²) in [6.07, 6.45) is 0.421. The van der Waals surface area contributed by atoms with E-state index >= 15 is 0 Å². The summed E-state index contributed by atoms with van der Waals surface area (Å²) in [7, 11) is 0. The van der Waals surface area contributed by atoms with Gasteiger partial charge in [0.2, 0.25) is 0 Å². The van der Waals surface area contributed by atoms with Crippen molar-refractivity contribution in [2.24, 2.45) is 0 Å². The molecule has 4 heteroatoms. The van der Waals surface area contributed by atoms with Crippen LogP contribution in [-0.2, 0) is 0 Å². The topological polar surface area (TPSA) is 38.3 Å². The van der Waals surface area contributed by atoms with E-state index in [2.05, 4.69) is 5.32 Å². The number of ketones is 1. The second-order valence-corrected chi connectivity index (χ2v) is 5.98. The number of hydrogen-bond acceptors (Lipinski definition) is 3. The zero-order valence-corrected chi connectivity index (χ0v) is 14.4. The third-order valence-electron chi connectivity index (χ3n) is 3.68. The fourth-order valence-corrected chi connectivity index (χ4v) is 2.49. The molecule has 3 aromatic rings. The summed E-state index contributed by atoms with van der Waals surface area (Å²) in [6, 6.07) is 24.3. The van der Waals surface area contributed by atoms with E-state index < -0.39 is 0 Å². The fraction of sp³-hybridized carbons (Fsp3) is 0.0952. The van der Waals surface area contributed by atoms with Crippen molar-refractivity contribution in [2.45, 2.75) is 6.42 Å². The number of benzene rings is 3. The Kier molecular flexibility index (Phi) is 5.70. The van der Waals surface area contributed by atoms with Gasteiger partial charge in [-0.3, -0.25) is 4.79 Å². The van der Waals surface area contributed by atoms with Gasteiger partial charge in [-0.15, -0.1) is 0 Å². The number of carbonyl (C=O) groups is 1. The van der Waals surface area contributed by atoms with E-state index in [0.29, 0.717) is 23.6 Å². The van der Waals surface area contributed by atoms with Gasteiger partial charge in [0.25, 0.3) is 0 Å². The Morgan fingerprint density at radius 1 is 0.840 bits per heavy atom. The molecule has 1 N–H and O–H groups in total. The van der Waals surface area contributed by atoms with Gasteiger partial charge in [-0.25, -0.2) is 0 Å². The molecule has 0 heterocycles. The molecule has 0 aromatic heterocycles. The highest BCUT2D eigenvalue weighted by atomic mass is 35.5. The number of anilines is 1.